The van der Waals surface area contributed by atoms with Gasteiger partial charge in [0.05, 0.1) is 19.6 Å². The molecule has 1 aliphatic heterocycles. The smallest absolute Gasteiger partial charge is 0.308 e. The second-order valence-corrected chi connectivity index (χ2v) is 4.33. The van der Waals surface area contributed by atoms with Gasteiger partial charge < -0.3 is 19.0 Å². The van der Waals surface area contributed by atoms with Crippen molar-refractivity contribution in [1.82, 2.24) is 0 Å². The second-order valence-electron chi connectivity index (χ2n) is 4.33. The first-order chi connectivity index (χ1) is 9.22. The Kier molecular flexibility index (Phi) is 4.65. The van der Waals surface area contributed by atoms with Crippen LogP contribution in [0.2, 0.25) is 0 Å². The minimum absolute atomic E-state index is 0.119. The number of carbonyl (C=O) groups excluding carboxylic acids is 2. The van der Waals surface area contributed by atoms with Crippen LogP contribution in [0.3, 0.4) is 0 Å². The molecule has 1 aromatic carbocycles. The zero-order valence-corrected chi connectivity index (χ0v) is 10.7. The molecular formula is C14H16O5. The van der Waals surface area contributed by atoms with Crippen molar-refractivity contribution in [3.63, 3.8) is 0 Å². The Morgan fingerprint density at radius 2 is 2.11 bits per heavy atom. The monoisotopic (exact) mass is 264 g/mol. The van der Waals surface area contributed by atoms with Gasteiger partial charge in [0.1, 0.15) is 12.4 Å². The van der Waals surface area contributed by atoms with E-state index in [-0.39, 0.29) is 18.5 Å². The number of hydrogen-bond donors (Lipinski definition) is 0. The molecule has 3 atom stereocenters. The van der Waals surface area contributed by atoms with Crippen molar-refractivity contribution in [2.45, 2.75) is 31.3 Å². The van der Waals surface area contributed by atoms with Crippen molar-refractivity contribution in [3.8, 4) is 0 Å². The van der Waals surface area contributed by atoms with Crippen LogP contribution in [-0.2, 0) is 23.8 Å². The molecule has 0 N–H and O–H groups in total. The zero-order valence-electron chi connectivity index (χ0n) is 10.7. The van der Waals surface area contributed by atoms with Crippen molar-refractivity contribution < 1.29 is 23.8 Å². The molecule has 0 saturated carbocycles. The average molecular weight is 264 g/mol. The maximum absolute atomic E-state index is 11.3. The molecule has 102 valence electrons. The fourth-order valence-electron chi connectivity index (χ4n) is 1.99. The van der Waals surface area contributed by atoms with E-state index in [1.165, 1.54) is 7.11 Å². The molecule has 0 bridgehead atoms. The van der Waals surface area contributed by atoms with Crippen molar-refractivity contribution in [1.29, 1.82) is 0 Å². The van der Waals surface area contributed by atoms with Gasteiger partial charge in [0.2, 0.25) is 0 Å². The summed E-state index contributed by atoms with van der Waals surface area (Å²) < 4.78 is 15.8. The lowest BCUT2D eigenvalue weighted by Crippen LogP contribution is -2.36. The molecule has 19 heavy (non-hydrogen) atoms. The summed E-state index contributed by atoms with van der Waals surface area (Å²) in [6.07, 6.45) is -0.340. The summed E-state index contributed by atoms with van der Waals surface area (Å²) in [7, 11) is 1.33. The van der Waals surface area contributed by atoms with Crippen molar-refractivity contribution in [2.75, 3.05) is 7.11 Å². The molecule has 5 heteroatoms. The summed E-state index contributed by atoms with van der Waals surface area (Å²) in [5.41, 5.74) is 0.823. The highest BCUT2D eigenvalue weighted by Gasteiger charge is 2.32. The molecule has 0 aliphatic carbocycles. The van der Waals surface area contributed by atoms with Crippen LogP contribution >= 0.6 is 0 Å². The van der Waals surface area contributed by atoms with Gasteiger partial charge in [-0.05, 0) is 0 Å². The van der Waals surface area contributed by atoms with Gasteiger partial charge in [0.15, 0.2) is 6.29 Å². The van der Waals surface area contributed by atoms with E-state index in [4.69, 9.17) is 9.47 Å². The molecule has 0 amide bonds. The molecule has 0 radical (unpaired) electrons. The first-order valence-electron chi connectivity index (χ1n) is 6.11. The number of methoxy groups -OCH3 is 1. The highest BCUT2D eigenvalue weighted by Crippen LogP contribution is 2.30. The van der Waals surface area contributed by atoms with E-state index in [0.29, 0.717) is 6.42 Å². The van der Waals surface area contributed by atoms with Gasteiger partial charge in [-0.1, -0.05) is 30.3 Å². The number of ether oxygens (including phenoxy) is 3. The fraction of sp³-hybridized carbons (Fsp3) is 0.429. The lowest BCUT2D eigenvalue weighted by atomic mass is 10.1. The van der Waals surface area contributed by atoms with Crippen LogP contribution in [0.1, 0.15) is 24.7 Å². The molecule has 0 unspecified atom stereocenters. The van der Waals surface area contributed by atoms with E-state index in [0.717, 1.165) is 11.8 Å². The van der Waals surface area contributed by atoms with Crippen LogP contribution in [-0.4, -0.2) is 31.6 Å². The summed E-state index contributed by atoms with van der Waals surface area (Å²) in [5.74, 6) is -0.358. The number of esters is 1. The molecule has 1 heterocycles. The van der Waals surface area contributed by atoms with E-state index >= 15 is 0 Å². The first-order valence-corrected chi connectivity index (χ1v) is 6.11. The van der Waals surface area contributed by atoms with Crippen LogP contribution in [0, 0.1) is 0 Å². The summed E-state index contributed by atoms with van der Waals surface area (Å²) in [6.45, 7) is 0. The van der Waals surface area contributed by atoms with E-state index < -0.39 is 12.4 Å². The third kappa shape index (κ3) is 3.62. The standard InChI is InChI=1S/C14H16O5/c1-17-13(16)8-11-7-12(9-15)19-14(18-11)10-5-3-2-4-6-10/h2-6,9,11-12,14H,7-8H2,1H3/t11-,12+,14-/m0/s1. The van der Waals surface area contributed by atoms with Gasteiger partial charge in [-0.2, -0.15) is 0 Å². The van der Waals surface area contributed by atoms with Gasteiger partial charge in [0.25, 0.3) is 0 Å². The lowest BCUT2D eigenvalue weighted by molar-refractivity contribution is -0.241. The highest BCUT2D eigenvalue weighted by molar-refractivity contribution is 5.70. The largest absolute Gasteiger partial charge is 0.469 e. The van der Waals surface area contributed by atoms with Gasteiger partial charge in [-0.3, -0.25) is 4.79 Å². The van der Waals surface area contributed by atoms with Crippen molar-refractivity contribution in [2.24, 2.45) is 0 Å². The maximum Gasteiger partial charge on any atom is 0.308 e. The van der Waals surface area contributed by atoms with Crippen LogP contribution in [0.4, 0.5) is 0 Å². The topological polar surface area (TPSA) is 61.8 Å². The van der Waals surface area contributed by atoms with Crippen LogP contribution in [0.5, 0.6) is 0 Å². The van der Waals surface area contributed by atoms with Crippen LogP contribution in [0.25, 0.3) is 0 Å². The number of rotatable bonds is 4. The van der Waals surface area contributed by atoms with Crippen molar-refractivity contribution >= 4 is 12.3 Å². The first kappa shape index (κ1) is 13.7. The Morgan fingerprint density at radius 3 is 2.74 bits per heavy atom. The third-order valence-corrected chi connectivity index (χ3v) is 2.96. The third-order valence-electron chi connectivity index (χ3n) is 2.96. The number of benzene rings is 1. The Hall–Kier alpha value is -1.72. The number of carbonyl (C=O) groups is 2. The molecule has 1 saturated heterocycles. The van der Waals surface area contributed by atoms with Gasteiger partial charge >= 0.3 is 5.97 Å². The zero-order chi connectivity index (χ0) is 13.7. The molecule has 0 spiro atoms. The minimum atomic E-state index is -0.625. The Morgan fingerprint density at radius 1 is 1.37 bits per heavy atom. The predicted octanol–water partition coefficient (Wildman–Crippen LogP) is 1.62. The summed E-state index contributed by atoms with van der Waals surface area (Å²) in [6, 6.07) is 9.32. The Bertz CT molecular complexity index is 431. The van der Waals surface area contributed by atoms with Gasteiger partial charge in [-0.15, -0.1) is 0 Å². The fourth-order valence-corrected chi connectivity index (χ4v) is 1.99. The normalized spacial score (nSPS) is 26.7. The summed E-state index contributed by atoms with van der Waals surface area (Å²) >= 11 is 0. The molecule has 2 rings (SSSR count). The SMILES string of the molecule is COC(=O)C[C@@H]1C[C@H](C=O)O[C@@H](c2ccccc2)O1. The van der Waals surface area contributed by atoms with Crippen molar-refractivity contribution in [3.05, 3.63) is 35.9 Å². The van der Waals surface area contributed by atoms with E-state index in [1.807, 2.05) is 30.3 Å². The molecule has 1 fully saturated rings. The predicted molar refractivity (Wildman–Crippen MR) is 66.2 cm³/mol. The van der Waals surface area contributed by atoms with E-state index in [2.05, 4.69) is 4.74 Å². The Balaban J connectivity index is 2.08. The molecule has 1 aromatic rings. The Labute approximate surface area is 111 Å². The lowest BCUT2D eigenvalue weighted by Gasteiger charge is -2.33. The van der Waals surface area contributed by atoms with Crippen LogP contribution in [0.15, 0.2) is 30.3 Å². The quantitative estimate of drug-likeness (QED) is 0.611. The molecule has 1 aliphatic rings. The minimum Gasteiger partial charge on any atom is -0.469 e. The second kappa shape index (κ2) is 6.45. The molecular weight excluding hydrogens is 248 g/mol. The highest BCUT2D eigenvalue weighted by atomic mass is 16.7. The number of hydrogen-bond acceptors (Lipinski definition) is 5. The molecule has 0 aromatic heterocycles. The van der Waals surface area contributed by atoms with E-state index in [9.17, 15) is 9.59 Å². The maximum atomic E-state index is 11.3. The average Bonchev–Trinajstić information content (AvgIpc) is 2.47. The number of aldehydes is 1. The van der Waals surface area contributed by atoms with Gasteiger partial charge in [-0.25, -0.2) is 0 Å². The van der Waals surface area contributed by atoms with Crippen LogP contribution < -0.4 is 0 Å². The molecule has 5 nitrogen and oxygen atoms in total. The summed E-state index contributed by atoms with van der Waals surface area (Å²) in [5, 5.41) is 0. The van der Waals surface area contributed by atoms with Gasteiger partial charge in [0, 0.05) is 12.0 Å². The van der Waals surface area contributed by atoms with E-state index in [1.54, 1.807) is 0 Å². The summed E-state index contributed by atoms with van der Waals surface area (Å²) in [4.78, 5) is 22.2.